The highest BCUT2D eigenvalue weighted by molar-refractivity contribution is 7.97. The molecule has 9 rings (SSSR count). The van der Waals surface area contributed by atoms with Crippen LogP contribution in [0.15, 0.2) is 89.6 Å². The summed E-state index contributed by atoms with van der Waals surface area (Å²) < 4.78 is 56.9. The van der Waals surface area contributed by atoms with E-state index in [4.69, 9.17) is 21.1 Å². The van der Waals surface area contributed by atoms with Gasteiger partial charge in [0.2, 0.25) is 0 Å². The second-order valence-electron chi connectivity index (χ2n) is 19.2. The second kappa shape index (κ2) is 18.6. The molecule has 5 aromatic rings. The Kier molecular flexibility index (Phi) is 12.9. The highest BCUT2D eigenvalue weighted by Gasteiger charge is 2.37. The molecule has 2 N–H and O–H groups in total. The molecule has 2 saturated heterocycles. The number of fused-ring (bicyclic) bond motifs is 2. The van der Waals surface area contributed by atoms with E-state index in [0.29, 0.717) is 49.6 Å². The van der Waals surface area contributed by atoms with Gasteiger partial charge in [0.15, 0.2) is 0 Å². The van der Waals surface area contributed by atoms with Crippen LogP contribution in [0.1, 0.15) is 67.4 Å². The molecule has 1 amide bonds. The number of nitro benzene ring substituents is 1. The van der Waals surface area contributed by atoms with Crippen LogP contribution >= 0.6 is 11.6 Å². The van der Waals surface area contributed by atoms with Crippen molar-refractivity contribution < 1.29 is 31.8 Å². The number of piperazine rings is 1. The average molecular weight is 971 g/mol. The van der Waals surface area contributed by atoms with E-state index in [9.17, 15) is 27.5 Å². The van der Waals surface area contributed by atoms with Gasteiger partial charge in [0, 0.05) is 108 Å². The number of nitro groups is 1. The van der Waals surface area contributed by atoms with Crippen LogP contribution in [0.4, 0.5) is 11.4 Å². The summed E-state index contributed by atoms with van der Waals surface area (Å²) in [4.78, 5) is 37.7. The first-order chi connectivity index (χ1) is 31.9. The molecule has 5 heterocycles. The van der Waals surface area contributed by atoms with Gasteiger partial charge in [-0.15, -0.1) is 0 Å². The van der Waals surface area contributed by atoms with Crippen molar-refractivity contribution in [3.63, 3.8) is 0 Å². The molecule has 15 nitrogen and oxygen atoms in total. The number of carbonyl (C=O) groups excluding carboxylic acids is 1. The monoisotopic (exact) mass is 969 g/mol. The van der Waals surface area contributed by atoms with Gasteiger partial charge in [0.25, 0.3) is 21.6 Å². The van der Waals surface area contributed by atoms with E-state index in [2.05, 4.69) is 56.3 Å². The number of aromatic nitrogens is 2. The lowest BCUT2D eigenvalue weighted by Gasteiger charge is -2.39. The maximum absolute atomic E-state index is 14.1. The zero-order valence-electron chi connectivity index (χ0n) is 38.0. The molecule has 2 aromatic heterocycles. The van der Waals surface area contributed by atoms with Crippen molar-refractivity contribution >= 4 is 71.1 Å². The molecule has 0 saturated carbocycles. The molecule has 354 valence electrons. The van der Waals surface area contributed by atoms with Gasteiger partial charge in [-0.2, -0.15) is 0 Å². The van der Waals surface area contributed by atoms with E-state index in [1.165, 1.54) is 35.0 Å². The number of hydrogen-bond acceptors (Lipinski definition) is 11. The van der Waals surface area contributed by atoms with Gasteiger partial charge in [-0.1, -0.05) is 43.2 Å². The van der Waals surface area contributed by atoms with Gasteiger partial charge in [-0.25, -0.2) is 22.4 Å². The Balaban J connectivity index is 0.932. The third-order valence-electron chi connectivity index (χ3n) is 13.9. The van der Waals surface area contributed by atoms with Crippen LogP contribution in [0, 0.1) is 27.4 Å². The van der Waals surface area contributed by atoms with E-state index in [0.717, 1.165) is 73.9 Å². The summed E-state index contributed by atoms with van der Waals surface area (Å²) in [5.41, 5.74) is 5.60. The average Bonchev–Trinajstić information content (AvgIpc) is 3.77. The molecule has 2 atom stereocenters. The van der Waals surface area contributed by atoms with Crippen LogP contribution in [0.2, 0.25) is 5.02 Å². The number of halogens is 1. The first-order valence-corrected chi connectivity index (χ1v) is 26.6. The molecule has 0 spiro atoms. The smallest absolute Gasteiger partial charge is 0.277 e. The van der Waals surface area contributed by atoms with Gasteiger partial charge in [0.05, 0.1) is 33.7 Å². The molecule has 3 aliphatic heterocycles. The number of anilines is 1. The van der Waals surface area contributed by atoms with Gasteiger partial charge in [-0.05, 0) is 103 Å². The maximum atomic E-state index is 14.1. The summed E-state index contributed by atoms with van der Waals surface area (Å²) in [6.07, 6.45) is 9.86. The standard InChI is InChI=1S/C49H56ClN7O8S2/c1-49(2)15-11-35(43(28-49)33-5-7-37(50)8-6-33)30-54-19-21-55(22-20-54)38-9-10-41(46(25-38)65-39-23-34-12-16-51-47(34)52-29-39)48(58)53-67(62,63)40-26-44(57(59)60)42-24-36(31-64-45(42)27-40)32-13-17-56(18-14-32)66(3,4)61/h5-10,12,16,23,25-27,29,32,36H,3,11,13-15,17-22,24,28,30-31H2,1-2,4H3,(H,51,52)(H,53,58)/t36-,66?/m0/s1. The number of benzene rings is 3. The SMILES string of the molecule is C=S(C)(=O)N1CCC([C@@H]2COc3cc(S(=O)(=O)NC(=O)c4ccc(N5CCN(CC6=C(c7ccc(Cl)cc7)CC(C)(C)CC6)CC5)cc4Oc4cnc5[nH]ccc5c4)cc([N+](=O)[O-])c3C2)CC1. The van der Waals surface area contributed by atoms with E-state index < -0.39 is 41.1 Å². The first-order valence-electron chi connectivity index (χ1n) is 22.7. The highest BCUT2D eigenvalue weighted by atomic mass is 35.5. The molecule has 0 bridgehead atoms. The Morgan fingerprint density at radius 1 is 1.01 bits per heavy atom. The number of piperidine rings is 1. The Morgan fingerprint density at radius 2 is 1.76 bits per heavy atom. The fourth-order valence-electron chi connectivity index (χ4n) is 10.0. The summed E-state index contributed by atoms with van der Waals surface area (Å²) in [6, 6.07) is 19.1. The number of amides is 1. The molecule has 2 fully saturated rings. The number of pyridine rings is 1. The lowest BCUT2D eigenvalue weighted by atomic mass is 9.72. The quantitative estimate of drug-likeness (QED) is 0.0697. The molecule has 18 heteroatoms. The highest BCUT2D eigenvalue weighted by Crippen LogP contribution is 2.44. The number of rotatable bonds is 12. The fourth-order valence-corrected chi connectivity index (χ4v) is 12.1. The molecule has 4 aliphatic rings. The number of H-pyrrole nitrogens is 1. The normalized spacial score (nSPS) is 20.5. The molecular formula is C49H56ClN7O8S2. The van der Waals surface area contributed by atoms with Crippen molar-refractivity contribution in [1.29, 1.82) is 0 Å². The third-order valence-corrected chi connectivity index (χ3v) is 16.9. The summed E-state index contributed by atoms with van der Waals surface area (Å²) in [5, 5.41) is 14.0. The number of ether oxygens (including phenoxy) is 2. The van der Waals surface area contributed by atoms with Crippen LogP contribution in [-0.4, -0.2) is 107 Å². The Hall–Kier alpha value is -5.46. The molecule has 0 radical (unpaired) electrons. The molecule has 67 heavy (non-hydrogen) atoms. The van der Waals surface area contributed by atoms with E-state index >= 15 is 0 Å². The van der Waals surface area contributed by atoms with Crippen molar-refractivity contribution in [2.45, 2.75) is 57.3 Å². The summed E-state index contributed by atoms with van der Waals surface area (Å²) in [5.74, 6) is 3.48. The molecule has 3 aromatic carbocycles. The summed E-state index contributed by atoms with van der Waals surface area (Å²) in [6.45, 7) is 10.0. The fraction of sp³-hybridized carbons (Fsp3) is 0.408. The second-order valence-corrected chi connectivity index (χ2v) is 23.7. The third kappa shape index (κ3) is 10.4. The van der Waals surface area contributed by atoms with Crippen LogP contribution in [0.3, 0.4) is 0 Å². The number of carbonyl (C=O) groups is 1. The Morgan fingerprint density at radius 3 is 2.48 bits per heavy atom. The van der Waals surface area contributed by atoms with Crippen LogP contribution in [-0.2, 0) is 26.2 Å². The number of nitrogens with zero attached hydrogens (tertiary/aromatic N) is 5. The predicted molar refractivity (Wildman–Crippen MR) is 263 cm³/mol. The van der Waals surface area contributed by atoms with Gasteiger partial charge in [0.1, 0.15) is 22.9 Å². The van der Waals surface area contributed by atoms with Crippen LogP contribution in [0.5, 0.6) is 17.2 Å². The van der Waals surface area contributed by atoms with Crippen molar-refractivity contribution in [2.24, 2.45) is 17.3 Å². The zero-order valence-corrected chi connectivity index (χ0v) is 40.4. The van der Waals surface area contributed by atoms with E-state index in [1.807, 2.05) is 22.5 Å². The number of nitrogens with one attached hydrogen (secondary N) is 2. The summed E-state index contributed by atoms with van der Waals surface area (Å²) >= 11 is 6.25. The minimum atomic E-state index is -4.66. The number of sulfonamides is 1. The Labute approximate surface area is 396 Å². The Bertz CT molecular complexity index is 2980. The molecule has 1 unspecified atom stereocenters. The zero-order chi connectivity index (χ0) is 47.3. The van der Waals surface area contributed by atoms with Gasteiger partial charge in [-0.3, -0.25) is 24.0 Å². The minimum Gasteiger partial charge on any atom is -0.493 e. The van der Waals surface area contributed by atoms with Crippen LogP contribution < -0.4 is 19.1 Å². The molecular weight excluding hydrogens is 914 g/mol. The largest absolute Gasteiger partial charge is 0.493 e. The van der Waals surface area contributed by atoms with Gasteiger partial charge >= 0.3 is 0 Å². The molecule has 1 aliphatic carbocycles. The predicted octanol–water partition coefficient (Wildman–Crippen LogP) is 8.35. The van der Waals surface area contributed by atoms with Crippen LogP contribution in [0.25, 0.3) is 16.6 Å². The van der Waals surface area contributed by atoms with Crippen molar-refractivity contribution in [1.82, 2.24) is 23.9 Å². The lowest BCUT2D eigenvalue weighted by molar-refractivity contribution is -0.386. The van der Waals surface area contributed by atoms with Gasteiger partial charge < -0.3 is 19.4 Å². The maximum Gasteiger partial charge on any atom is 0.277 e. The van der Waals surface area contributed by atoms with Crippen molar-refractivity contribution in [2.75, 3.05) is 63.6 Å². The number of allylic oxidation sites excluding steroid dienone is 1. The van der Waals surface area contributed by atoms with Crippen molar-refractivity contribution in [3.8, 4) is 17.2 Å². The number of hydrogen-bond donors (Lipinski definition) is 2. The summed E-state index contributed by atoms with van der Waals surface area (Å²) in [7, 11) is -6.99. The number of aromatic amines is 1. The van der Waals surface area contributed by atoms with Crippen molar-refractivity contribution in [3.05, 3.63) is 117 Å². The lowest BCUT2D eigenvalue weighted by Crippen LogP contribution is -2.47. The topological polar surface area (TPSA) is 180 Å². The van der Waals surface area contributed by atoms with E-state index in [-0.39, 0.29) is 40.9 Å². The minimum absolute atomic E-state index is 0.0485. The first kappa shape index (κ1) is 46.6. The van der Waals surface area contributed by atoms with E-state index in [1.54, 1.807) is 30.7 Å².